The fourth-order valence-corrected chi connectivity index (χ4v) is 4.27. The number of nitrogens with one attached hydrogen (secondary N) is 1. The van der Waals surface area contributed by atoms with Crippen LogP contribution in [0.4, 0.5) is 11.6 Å². The van der Waals surface area contributed by atoms with E-state index in [2.05, 4.69) is 20.2 Å². The summed E-state index contributed by atoms with van der Waals surface area (Å²) >= 11 is 0. The second-order valence-corrected chi connectivity index (χ2v) is 9.24. The Morgan fingerprint density at radius 1 is 1.09 bits per heavy atom. The summed E-state index contributed by atoms with van der Waals surface area (Å²) in [5, 5.41) is 17.3. The minimum Gasteiger partial charge on any atom is -0.481 e. The first-order chi connectivity index (χ1) is 15.8. The molecule has 33 heavy (non-hydrogen) atoms. The number of primary sulfonamides is 1. The van der Waals surface area contributed by atoms with Crippen LogP contribution < -0.4 is 15.4 Å². The van der Waals surface area contributed by atoms with Crippen molar-refractivity contribution in [2.45, 2.75) is 24.2 Å². The maximum absolute atomic E-state index is 11.7. The number of carboxylic acids is 1. The number of sulfonamides is 1. The second-order valence-electron chi connectivity index (χ2n) is 7.68. The maximum atomic E-state index is 11.7. The zero-order valence-corrected chi connectivity index (χ0v) is 18.6. The van der Waals surface area contributed by atoms with Gasteiger partial charge in [-0.3, -0.25) is 9.78 Å². The lowest BCUT2D eigenvalue weighted by Gasteiger charge is -2.22. The lowest BCUT2D eigenvalue weighted by molar-refractivity contribution is -0.136. The van der Waals surface area contributed by atoms with E-state index in [1.807, 2.05) is 18.2 Å². The lowest BCUT2D eigenvalue weighted by atomic mass is 10.0. The van der Waals surface area contributed by atoms with Crippen molar-refractivity contribution in [3.05, 3.63) is 59.8 Å². The van der Waals surface area contributed by atoms with Gasteiger partial charge in [-0.1, -0.05) is 12.1 Å². The van der Waals surface area contributed by atoms with Crippen LogP contribution >= 0.6 is 0 Å². The number of rotatable bonds is 7. The molecule has 1 aromatic carbocycles. The molecule has 0 unspecified atom stereocenters. The third kappa shape index (κ3) is 5.62. The second kappa shape index (κ2) is 9.51. The number of hydrogen-bond donors (Lipinski definition) is 3. The largest absolute Gasteiger partial charge is 0.481 e. The van der Waals surface area contributed by atoms with E-state index >= 15 is 0 Å². The highest BCUT2D eigenvalue weighted by molar-refractivity contribution is 7.89. The Labute approximate surface area is 191 Å². The van der Waals surface area contributed by atoms with Gasteiger partial charge in [0.2, 0.25) is 10.0 Å². The standard InChI is InChI=1S/C22H24N6O4S/c23-33(31,32)17-5-4-15-7-11-28(12-8-16(15)13-17)20-14-19(25-10-6-21(29)30)26-22(27-20)18-3-1-2-9-24-18/h1-5,9,13-14H,6-8,10-12H2,(H,29,30)(H2,23,31,32)(H,25,26,27). The van der Waals surface area contributed by atoms with E-state index in [1.165, 1.54) is 6.07 Å². The number of carbonyl (C=O) groups is 1. The zero-order valence-electron chi connectivity index (χ0n) is 17.8. The molecule has 0 fully saturated rings. The minimum absolute atomic E-state index is 0.0380. The summed E-state index contributed by atoms with van der Waals surface area (Å²) < 4.78 is 23.5. The highest BCUT2D eigenvalue weighted by Crippen LogP contribution is 2.25. The van der Waals surface area contributed by atoms with E-state index in [0.29, 0.717) is 49.1 Å². The summed E-state index contributed by atoms with van der Waals surface area (Å²) in [5.74, 6) is 0.734. The van der Waals surface area contributed by atoms with Crippen molar-refractivity contribution in [3.8, 4) is 11.5 Å². The van der Waals surface area contributed by atoms with Gasteiger partial charge in [0.15, 0.2) is 5.82 Å². The Morgan fingerprint density at radius 3 is 2.58 bits per heavy atom. The number of hydrogen-bond acceptors (Lipinski definition) is 8. The van der Waals surface area contributed by atoms with E-state index in [1.54, 1.807) is 24.4 Å². The van der Waals surface area contributed by atoms with Gasteiger partial charge in [-0.05, 0) is 48.2 Å². The average molecular weight is 469 g/mol. The molecular formula is C22H24N6O4S. The van der Waals surface area contributed by atoms with Gasteiger partial charge < -0.3 is 15.3 Å². The van der Waals surface area contributed by atoms with Crippen LogP contribution in [0.15, 0.2) is 53.6 Å². The van der Waals surface area contributed by atoms with Crippen molar-refractivity contribution < 1.29 is 18.3 Å². The molecule has 0 amide bonds. The zero-order chi connectivity index (χ0) is 23.4. The molecule has 10 nitrogen and oxygen atoms in total. The number of nitrogens with two attached hydrogens (primary N) is 1. The van der Waals surface area contributed by atoms with Gasteiger partial charge in [0.25, 0.3) is 0 Å². The molecule has 0 saturated carbocycles. The SMILES string of the molecule is NS(=O)(=O)c1ccc2c(c1)CCN(c1cc(NCCC(=O)O)nc(-c3ccccn3)n1)CC2. The highest BCUT2D eigenvalue weighted by atomic mass is 32.2. The Morgan fingerprint density at radius 2 is 1.88 bits per heavy atom. The van der Waals surface area contributed by atoms with E-state index in [4.69, 9.17) is 15.2 Å². The topological polar surface area (TPSA) is 151 Å². The fourth-order valence-electron chi connectivity index (χ4n) is 3.70. The Bertz CT molecular complexity index is 1270. The third-order valence-electron chi connectivity index (χ3n) is 5.38. The molecule has 0 bridgehead atoms. The third-order valence-corrected chi connectivity index (χ3v) is 6.29. The fraction of sp³-hybridized carbons (Fsp3) is 0.273. The molecule has 4 rings (SSSR count). The average Bonchev–Trinajstić information content (AvgIpc) is 3.01. The summed E-state index contributed by atoms with van der Waals surface area (Å²) in [4.78, 5) is 26.7. The molecular weight excluding hydrogens is 444 g/mol. The van der Waals surface area contributed by atoms with Crippen LogP contribution in [0.2, 0.25) is 0 Å². The first-order valence-electron chi connectivity index (χ1n) is 10.5. The van der Waals surface area contributed by atoms with Crippen molar-refractivity contribution in [1.29, 1.82) is 0 Å². The van der Waals surface area contributed by atoms with E-state index in [-0.39, 0.29) is 17.9 Å². The smallest absolute Gasteiger partial charge is 0.305 e. The molecule has 1 aliphatic heterocycles. The highest BCUT2D eigenvalue weighted by Gasteiger charge is 2.19. The van der Waals surface area contributed by atoms with Gasteiger partial charge in [-0.15, -0.1) is 0 Å². The van der Waals surface area contributed by atoms with Crippen LogP contribution in [-0.2, 0) is 27.7 Å². The lowest BCUT2D eigenvalue weighted by Crippen LogP contribution is -2.27. The van der Waals surface area contributed by atoms with Gasteiger partial charge in [0.1, 0.15) is 17.3 Å². The summed E-state index contributed by atoms with van der Waals surface area (Å²) in [6.07, 6.45) is 2.96. The molecule has 172 valence electrons. The minimum atomic E-state index is -3.76. The molecule has 1 aliphatic rings. The van der Waals surface area contributed by atoms with Crippen LogP contribution in [0.3, 0.4) is 0 Å². The molecule has 0 radical (unpaired) electrons. The summed E-state index contributed by atoms with van der Waals surface area (Å²) in [6, 6.07) is 12.3. The van der Waals surface area contributed by atoms with Crippen molar-refractivity contribution in [2.75, 3.05) is 29.9 Å². The maximum Gasteiger partial charge on any atom is 0.305 e. The van der Waals surface area contributed by atoms with Gasteiger partial charge in [-0.25, -0.2) is 23.5 Å². The molecule has 3 heterocycles. The number of anilines is 2. The molecule has 3 aromatic rings. The number of pyridine rings is 1. The van der Waals surface area contributed by atoms with Crippen molar-refractivity contribution in [2.24, 2.45) is 5.14 Å². The summed E-state index contributed by atoms with van der Waals surface area (Å²) in [6.45, 7) is 1.53. The molecule has 4 N–H and O–H groups in total. The molecule has 0 spiro atoms. The Kier molecular flexibility index (Phi) is 6.52. The number of nitrogens with zero attached hydrogens (tertiary/aromatic N) is 4. The van der Waals surface area contributed by atoms with Crippen LogP contribution in [0.1, 0.15) is 17.5 Å². The van der Waals surface area contributed by atoms with Crippen LogP contribution in [0, 0.1) is 0 Å². The van der Waals surface area contributed by atoms with Crippen molar-refractivity contribution in [3.63, 3.8) is 0 Å². The molecule has 0 saturated heterocycles. The number of fused-ring (bicyclic) bond motifs is 1. The van der Waals surface area contributed by atoms with Crippen molar-refractivity contribution >= 4 is 27.6 Å². The van der Waals surface area contributed by atoms with Crippen LogP contribution in [-0.4, -0.2) is 54.1 Å². The summed E-state index contributed by atoms with van der Waals surface area (Å²) in [7, 11) is -3.76. The van der Waals surface area contributed by atoms with Crippen LogP contribution in [0.25, 0.3) is 11.5 Å². The van der Waals surface area contributed by atoms with Gasteiger partial charge in [0, 0.05) is 31.9 Å². The predicted octanol–water partition coefficient (Wildman–Crippen LogP) is 1.68. The van der Waals surface area contributed by atoms with Crippen LogP contribution in [0.5, 0.6) is 0 Å². The van der Waals surface area contributed by atoms with Gasteiger partial charge in [-0.2, -0.15) is 0 Å². The van der Waals surface area contributed by atoms with Gasteiger partial charge in [0.05, 0.1) is 11.3 Å². The first-order valence-corrected chi connectivity index (χ1v) is 12.0. The van der Waals surface area contributed by atoms with E-state index < -0.39 is 16.0 Å². The van der Waals surface area contributed by atoms with Crippen molar-refractivity contribution in [1.82, 2.24) is 15.0 Å². The number of aromatic nitrogens is 3. The number of benzene rings is 1. The Hall–Kier alpha value is -3.57. The van der Waals surface area contributed by atoms with E-state index in [9.17, 15) is 13.2 Å². The first kappa shape index (κ1) is 22.6. The number of aliphatic carboxylic acids is 1. The molecule has 11 heteroatoms. The monoisotopic (exact) mass is 468 g/mol. The quantitative estimate of drug-likeness (QED) is 0.470. The molecule has 0 atom stereocenters. The molecule has 0 aliphatic carbocycles. The molecule has 2 aromatic heterocycles. The Balaban J connectivity index is 1.62. The normalized spacial score (nSPS) is 13.8. The van der Waals surface area contributed by atoms with Gasteiger partial charge >= 0.3 is 5.97 Å². The summed E-state index contributed by atoms with van der Waals surface area (Å²) in [5.41, 5.74) is 2.63. The predicted molar refractivity (Wildman–Crippen MR) is 123 cm³/mol. The number of carboxylic acid groups (broad SMARTS) is 1. The van der Waals surface area contributed by atoms with E-state index in [0.717, 1.165) is 11.1 Å².